The maximum absolute atomic E-state index is 3.93. The van der Waals surface area contributed by atoms with Gasteiger partial charge in [0.2, 0.25) is 0 Å². The standard InChI is InChI=1S/C21H39N3/c1-9-15-22(16-10-2)20(13-5)24(19(7)8)21(14-6)23(17-11-3)18-12-4/h9-12,19-21H,1-4,13-18H2,5-8H3. The van der Waals surface area contributed by atoms with Crippen LogP contribution in [0.5, 0.6) is 0 Å². The van der Waals surface area contributed by atoms with Gasteiger partial charge in [0, 0.05) is 32.2 Å². The van der Waals surface area contributed by atoms with Gasteiger partial charge in [-0.15, -0.1) is 26.3 Å². The fraction of sp³-hybridized carbons (Fsp3) is 0.619. The van der Waals surface area contributed by atoms with E-state index in [1.165, 1.54) is 0 Å². The first-order chi connectivity index (χ1) is 11.5. The Kier molecular flexibility index (Phi) is 12.5. The van der Waals surface area contributed by atoms with Crippen LogP contribution < -0.4 is 0 Å². The van der Waals surface area contributed by atoms with Crippen LogP contribution in [-0.2, 0) is 0 Å². The summed E-state index contributed by atoms with van der Waals surface area (Å²) in [5, 5.41) is 0. The lowest BCUT2D eigenvalue weighted by molar-refractivity contribution is -0.0587. The van der Waals surface area contributed by atoms with E-state index in [0.29, 0.717) is 18.4 Å². The van der Waals surface area contributed by atoms with Crippen LogP contribution in [0.4, 0.5) is 0 Å². The minimum atomic E-state index is 0.350. The SMILES string of the molecule is C=CCN(CC=C)C(CC)N(C(C)C)C(CC)N(CC=C)CC=C. The molecule has 3 nitrogen and oxygen atoms in total. The summed E-state index contributed by atoms with van der Waals surface area (Å²) >= 11 is 0. The van der Waals surface area contributed by atoms with Crippen LogP contribution >= 0.6 is 0 Å². The first-order valence-corrected chi connectivity index (χ1v) is 9.21. The summed E-state index contributed by atoms with van der Waals surface area (Å²) in [4.78, 5) is 7.52. The van der Waals surface area contributed by atoms with Gasteiger partial charge in [0.15, 0.2) is 0 Å². The average Bonchev–Trinajstić information content (AvgIpc) is 2.55. The number of nitrogens with zero attached hydrogens (tertiary/aromatic N) is 3. The van der Waals surface area contributed by atoms with E-state index < -0.39 is 0 Å². The van der Waals surface area contributed by atoms with E-state index in [1.54, 1.807) is 0 Å². The highest BCUT2D eigenvalue weighted by Crippen LogP contribution is 2.22. The van der Waals surface area contributed by atoms with Crippen LogP contribution in [0.2, 0.25) is 0 Å². The van der Waals surface area contributed by atoms with Gasteiger partial charge in [-0.2, -0.15) is 0 Å². The van der Waals surface area contributed by atoms with Crippen LogP contribution in [-0.4, -0.2) is 59.3 Å². The fourth-order valence-electron chi connectivity index (χ4n) is 3.50. The van der Waals surface area contributed by atoms with Crippen molar-refractivity contribution in [1.29, 1.82) is 0 Å². The summed E-state index contributed by atoms with van der Waals surface area (Å²) in [7, 11) is 0. The largest absolute Gasteiger partial charge is 0.280 e. The van der Waals surface area contributed by atoms with E-state index in [9.17, 15) is 0 Å². The van der Waals surface area contributed by atoms with Crippen molar-refractivity contribution in [1.82, 2.24) is 14.7 Å². The molecule has 0 saturated heterocycles. The van der Waals surface area contributed by atoms with Crippen LogP contribution in [0.3, 0.4) is 0 Å². The maximum Gasteiger partial charge on any atom is 0.0641 e. The Labute approximate surface area is 151 Å². The van der Waals surface area contributed by atoms with Gasteiger partial charge in [-0.3, -0.25) is 14.7 Å². The molecule has 138 valence electrons. The van der Waals surface area contributed by atoms with E-state index in [2.05, 4.69) is 68.7 Å². The summed E-state index contributed by atoms with van der Waals surface area (Å²) in [5.74, 6) is 0. The second kappa shape index (κ2) is 13.2. The molecule has 0 radical (unpaired) electrons. The molecule has 0 bridgehead atoms. The van der Waals surface area contributed by atoms with Crippen LogP contribution in [0.25, 0.3) is 0 Å². The van der Waals surface area contributed by atoms with Gasteiger partial charge in [-0.25, -0.2) is 0 Å². The first kappa shape index (κ1) is 22.8. The molecular weight excluding hydrogens is 294 g/mol. The van der Waals surface area contributed by atoms with Crippen molar-refractivity contribution in [3.63, 3.8) is 0 Å². The number of hydrogen-bond acceptors (Lipinski definition) is 3. The second-order valence-electron chi connectivity index (χ2n) is 6.38. The molecule has 0 N–H and O–H groups in total. The predicted molar refractivity (Wildman–Crippen MR) is 109 cm³/mol. The fourth-order valence-corrected chi connectivity index (χ4v) is 3.50. The molecule has 0 fully saturated rings. The molecule has 0 aromatic carbocycles. The summed E-state index contributed by atoms with van der Waals surface area (Å²) in [6, 6.07) is 0.439. The number of rotatable bonds is 15. The van der Waals surface area contributed by atoms with Crippen LogP contribution in [0.1, 0.15) is 40.5 Å². The molecule has 0 saturated carbocycles. The highest BCUT2D eigenvalue weighted by molar-refractivity contribution is 4.90. The summed E-state index contributed by atoms with van der Waals surface area (Å²) in [6.07, 6.45) is 10.8. The molecule has 0 amide bonds. The van der Waals surface area contributed by atoms with Gasteiger partial charge >= 0.3 is 0 Å². The van der Waals surface area contributed by atoms with Crippen molar-refractivity contribution in [2.75, 3.05) is 26.2 Å². The molecule has 2 atom stereocenters. The zero-order chi connectivity index (χ0) is 18.5. The van der Waals surface area contributed by atoms with E-state index in [4.69, 9.17) is 0 Å². The van der Waals surface area contributed by atoms with E-state index >= 15 is 0 Å². The molecule has 0 spiro atoms. The third kappa shape index (κ3) is 6.76. The molecule has 0 heterocycles. The second-order valence-corrected chi connectivity index (χ2v) is 6.38. The molecule has 0 aromatic heterocycles. The summed E-state index contributed by atoms with van der Waals surface area (Å²) in [6.45, 7) is 28.3. The zero-order valence-corrected chi connectivity index (χ0v) is 16.5. The Morgan fingerprint density at radius 3 is 1.12 bits per heavy atom. The monoisotopic (exact) mass is 333 g/mol. The molecule has 24 heavy (non-hydrogen) atoms. The molecule has 3 heteroatoms. The Hall–Kier alpha value is -1.16. The molecular formula is C21H39N3. The molecule has 0 aliphatic rings. The van der Waals surface area contributed by atoms with Crippen molar-refractivity contribution in [3.8, 4) is 0 Å². The lowest BCUT2D eigenvalue weighted by Crippen LogP contribution is -2.60. The average molecular weight is 334 g/mol. The van der Waals surface area contributed by atoms with Crippen molar-refractivity contribution >= 4 is 0 Å². The van der Waals surface area contributed by atoms with Crippen molar-refractivity contribution in [3.05, 3.63) is 50.6 Å². The number of hydrogen-bond donors (Lipinski definition) is 0. The van der Waals surface area contributed by atoms with E-state index in [0.717, 1.165) is 39.0 Å². The van der Waals surface area contributed by atoms with Gasteiger partial charge in [0.25, 0.3) is 0 Å². The first-order valence-electron chi connectivity index (χ1n) is 9.21. The topological polar surface area (TPSA) is 9.72 Å². The molecule has 2 unspecified atom stereocenters. The van der Waals surface area contributed by atoms with Crippen molar-refractivity contribution in [2.24, 2.45) is 0 Å². The van der Waals surface area contributed by atoms with Gasteiger partial charge in [-0.05, 0) is 26.7 Å². The smallest absolute Gasteiger partial charge is 0.0641 e. The zero-order valence-electron chi connectivity index (χ0n) is 16.5. The van der Waals surface area contributed by atoms with Gasteiger partial charge in [0.05, 0.1) is 12.3 Å². The van der Waals surface area contributed by atoms with E-state index in [-0.39, 0.29) is 0 Å². The van der Waals surface area contributed by atoms with Gasteiger partial charge in [-0.1, -0.05) is 38.2 Å². The normalized spacial score (nSPS) is 14.2. The van der Waals surface area contributed by atoms with Crippen LogP contribution in [0.15, 0.2) is 50.6 Å². The lowest BCUT2D eigenvalue weighted by atomic mass is 10.1. The molecule has 0 rings (SSSR count). The summed E-state index contributed by atoms with van der Waals surface area (Å²) < 4.78 is 0. The Morgan fingerprint density at radius 2 is 0.958 bits per heavy atom. The highest BCUT2D eigenvalue weighted by atomic mass is 15.4. The van der Waals surface area contributed by atoms with Crippen molar-refractivity contribution in [2.45, 2.75) is 58.9 Å². The van der Waals surface area contributed by atoms with Crippen LogP contribution in [0, 0.1) is 0 Å². The summed E-state index contributed by atoms with van der Waals surface area (Å²) in [5.41, 5.74) is 0. The Morgan fingerprint density at radius 1 is 0.667 bits per heavy atom. The van der Waals surface area contributed by atoms with Crippen molar-refractivity contribution < 1.29 is 0 Å². The maximum atomic E-state index is 3.93. The molecule has 0 aliphatic carbocycles. The third-order valence-corrected chi connectivity index (χ3v) is 4.31. The Bertz CT molecular complexity index is 323. The molecule has 0 aliphatic heterocycles. The minimum Gasteiger partial charge on any atom is -0.280 e. The third-order valence-electron chi connectivity index (χ3n) is 4.31. The highest BCUT2D eigenvalue weighted by Gasteiger charge is 2.32. The lowest BCUT2D eigenvalue weighted by Gasteiger charge is -2.48. The minimum absolute atomic E-state index is 0.350. The van der Waals surface area contributed by atoms with Gasteiger partial charge < -0.3 is 0 Å². The quantitative estimate of drug-likeness (QED) is 0.322. The molecule has 0 aromatic rings. The Balaban J connectivity index is 5.70. The van der Waals surface area contributed by atoms with Gasteiger partial charge in [0.1, 0.15) is 0 Å². The predicted octanol–water partition coefficient (Wildman–Crippen LogP) is 4.52. The van der Waals surface area contributed by atoms with E-state index in [1.807, 2.05) is 24.3 Å².